The van der Waals surface area contributed by atoms with Gasteiger partial charge in [-0.05, 0) is 55.8 Å². The van der Waals surface area contributed by atoms with Gasteiger partial charge in [0, 0.05) is 34.7 Å². The molecule has 0 unspecified atom stereocenters. The molecule has 0 saturated carbocycles. The van der Waals surface area contributed by atoms with E-state index in [4.69, 9.17) is 18.1 Å². The zero-order valence-electron chi connectivity index (χ0n) is 17.9. The van der Waals surface area contributed by atoms with Crippen LogP contribution in [0.3, 0.4) is 0 Å². The van der Waals surface area contributed by atoms with Gasteiger partial charge in [-0.2, -0.15) is 0 Å². The Morgan fingerprint density at radius 2 is 1.28 bits per heavy atom. The quantitative estimate of drug-likeness (QED) is 0.388. The van der Waals surface area contributed by atoms with Gasteiger partial charge in [0.2, 0.25) is 24.6 Å². The zero-order chi connectivity index (χ0) is 22.8. The van der Waals surface area contributed by atoms with Gasteiger partial charge in [0.05, 0.1) is 22.3 Å². The van der Waals surface area contributed by atoms with E-state index in [-0.39, 0.29) is 11.2 Å². The first kappa shape index (κ1) is 22.2. The topological polar surface area (TPSA) is 122 Å². The normalized spacial score (nSPS) is 16.5. The summed E-state index contributed by atoms with van der Waals surface area (Å²) >= 11 is 3.30. The summed E-state index contributed by atoms with van der Waals surface area (Å²) in [6, 6.07) is 3.75. The lowest BCUT2D eigenvalue weighted by molar-refractivity contribution is 0.00578. The van der Waals surface area contributed by atoms with Crippen LogP contribution in [0.4, 0.5) is 0 Å². The summed E-state index contributed by atoms with van der Waals surface area (Å²) in [5, 5.41) is 14.9. The van der Waals surface area contributed by atoms with Crippen LogP contribution in [0.5, 0.6) is 0 Å². The van der Waals surface area contributed by atoms with Crippen molar-refractivity contribution in [3.63, 3.8) is 0 Å². The summed E-state index contributed by atoms with van der Waals surface area (Å²) in [6.45, 7) is 8.06. The third kappa shape index (κ3) is 4.77. The van der Waals surface area contributed by atoms with E-state index in [0.717, 1.165) is 21.1 Å². The highest BCUT2D eigenvalue weighted by Gasteiger charge is 2.51. The van der Waals surface area contributed by atoms with Crippen molar-refractivity contribution in [2.24, 2.45) is 0 Å². The van der Waals surface area contributed by atoms with Gasteiger partial charge in [-0.3, -0.25) is 9.97 Å². The first-order valence-corrected chi connectivity index (χ1v) is 10.5. The van der Waals surface area contributed by atoms with Gasteiger partial charge in [-0.25, -0.2) is 0 Å². The van der Waals surface area contributed by atoms with E-state index in [0.29, 0.717) is 11.8 Å². The molecule has 4 aromatic heterocycles. The van der Waals surface area contributed by atoms with Gasteiger partial charge in [0.15, 0.2) is 0 Å². The highest BCUT2D eigenvalue weighted by molar-refractivity contribution is 9.10. The second kappa shape index (κ2) is 8.89. The van der Waals surface area contributed by atoms with E-state index in [9.17, 15) is 0 Å². The maximum atomic E-state index is 5.99. The molecule has 0 aromatic carbocycles. The summed E-state index contributed by atoms with van der Waals surface area (Å²) in [5.74, 6) is 0.902. The molecule has 0 N–H and O–H groups in total. The van der Waals surface area contributed by atoms with Gasteiger partial charge in [0.25, 0.3) is 0 Å². The molecule has 0 aliphatic carbocycles. The maximum Gasteiger partial charge on any atom is 0.496 e. The van der Waals surface area contributed by atoms with Gasteiger partial charge in [0.1, 0.15) is 0 Å². The molecular formula is C20H20BBrN6O4. The fourth-order valence-electron chi connectivity index (χ4n) is 2.81. The summed E-state index contributed by atoms with van der Waals surface area (Å²) < 4.78 is 23.0. The summed E-state index contributed by atoms with van der Waals surface area (Å²) in [4.78, 5) is 8.16. The van der Waals surface area contributed by atoms with E-state index in [1.54, 1.807) is 24.8 Å². The summed E-state index contributed by atoms with van der Waals surface area (Å²) in [5.41, 5.74) is 1.63. The fraction of sp³-hybridized carbons (Fsp3) is 0.300. The molecule has 5 rings (SSSR count). The Kier molecular flexibility index (Phi) is 6.18. The van der Waals surface area contributed by atoms with Crippen molar-refractivity contribution >= 4 is 28.5 Å². The number of hydrogen-bond acceptors (Lipinski definition) is 10. The van der Waals surface area contributed by atoms with E-state index in [1.807, 2.05) is 39.8 Å². The largest absolute Gasteiger partial charge is 0.496 e. The van der Waals surface area contributed by atoms with E-state index in [1.165, 1.54) is 12.8 Å². The van der Waals surface area contributed by atoms with Crippen LogP contribution in [0, 0.1) is 0 Å². The molecular weight excluding hydrogens is 479 g/mol. The van der Waals surface area contributed by atoms with Crippen molar-refractivity contribution in [2.75, 3.05) is 0 Å². The van der Waals surface area contributed by atoms with E-state index < -0.39 is 7.12 Å². The molecule has 1 saturated heterocycles. The number of rotatable bonds is 3. The average Bonchev–Trinajstić information content (AvgIpc) is 3.50. The van der Waals surface area contributed by atoms with Crippen molar-refractivity contribution in [1.82, 2.24) is 30.4 Å². The average molecular weight is 499 g/mol. The Balaban J connectivity index is 0.000000174. The molecule has 0 radical (unpaired) electrons. The van der Waals surface area contributed by atoms with Crippen LogP contribution in [0.1, 0.15) is 27.7 Å². The maximum absolute atomic E-state index is 5.99. The molecule has 4 aromatic rings. The molecule has 1 fully saturated rings. The Bertz CT molecular complexity index is 1150. The van der Waals surface area contributed by atoms with Crippen LogP contribution in [0.2, 0.25) is 0 Å². The van der Waals surface area contributed by atoms with Crippen LogP contribution in [-0.4, -0.2) is 48.7 Å². The van der Waals surface area contributed by atoms with Crippen LogP contribution in [0.15, 0.2) is 63.0 Å². The Morgan fingerprint density at radius 1 is 0.750 bits per heavy atom. The second-order valence-corrected chi connectivity index (χ2v) is 8.89. The number of halogens is 1. The fourth-order valence-corrected chi connectivity index (χ4v) is 3.17. The molecule has 5 heterocycles. The summed E-state index contributed by atoms with van der Waals surface area (Å²) in [7, 11) is -0.449. The predicted molar refractivity (Wildman–Crippen MR) is 118 cm³/mol. The van der Waals surface area contributed by atoms with Crippen LogP contribution in [0.25, 0.3) is 22.9 Å². The minimum atomic E-state index is -0.449. The van der Waals surface area contributed by atoms with Crippen LogP contribution >= 0.6 is 15.9 Å². The lowest BCUT2D eigenvalue weighted by Crippen LogP contribution is -2.41. The highest BCUT2D eigenvalue weighted by Crippen LogP contribution is 2.36. The molecule has 0 atom stereocenters. The highest BCUT2D eigenvalue weighted by atomic mass is 79.9. The Labute approximate surface area is 193 Å². The number of nitrogens with zero attached hydrogens (tertiary/aromatic N) is 6. The molecule has 0 amide bonds. The molecule has 10 nitrogen and oxygen atoms in total. The monoisotopic (exact) mass is 498 g/mol. The molecule has 1 aliphatic heterocycles. The van der Waals surface area contributed by atoms with Crippen molar-refractivity contribution in [1.29, 1.82) is 0 Å². The molecule has 1 aliphatic rings. The van der Waals surface area contributed by atoms with E-state index >= 15 is 0 Å². The molecule has 0 bridgehead atoms. The second-order valence-electron chi connectivity index (χ2n) is 7.97. The third-order valence-electron chi connectivity index (χ3n) is 5.20. The minimum Gasteiger partial charge on any atom is -0.423 e. The number of aromatic nitrogens is 6. The SMILES string of the molecule is Brc1cncc(-c2nnco2)c1.CC1(C)OB(c2cncc(-c3nnco3)c2)OC1(C)C. The third-order valence-corrected chi connectivity index (χ3v) is 5.64. The number of hydrogen-bond donors (Lipinski definition) is 0. The predicted octanol–water partition coefficient (Wildman–Crippen LogP) is 3.32. The lowest BCUT2D eigenvalue weighted by Gasteiger charge is -2.32. The van der Waals surface area contributed by atoms with Gasteiger partial charge >= 0.3 is 7.12 Å². The van der Waals surface area contributed by atoms with Crippen molar-refractivity contribution in [3.8, 4) is 22.9 Å². The molecule has 0 spiro atoms. The molecule has 32 heavy (non-hydrogen) atoms. The Morgan fingerprint density at radius 3 is 1.78 bits per heavy atom. The van der Waals surface area contributed by atoms with Gasteiger partial charge in [-0.15, -0.1) is 20.4 Å². The lowest BCUT2D eigenvalue weighted by atomic mass is 9.80. The minimum absolute atomic E-state index is 0.377. The van der Waals surface area contributed by atoms with Crippen molar-refractivity contribution < 1.29 is 18.1 Å². The van der Waals surface area contributed by atoms with Crippen molar-refractivity contribution in [2.45, 2.75) is 38.9 Å². The van der Waals surface area contributed by atoms with Crippen LogP contribution < -0.4 is 5.46 Å². The first-order chi connectivity index (χ1) is 15.2. The van der Waals surface area contributed by atoms with Gasteiger partial charge in [-0.1, -0.05) is 0 Å². The standard InChI is InChI=1S/C13H16BN3O3.C7H4BrN3O/c1-12(2)13(3,4)20-14(19-12)10-5-9(6-15-7-10)11-17-16-8-18-11;8-6-1-5(2-9-3-6)7-11-10-4-12-7/h5-8H,1-4H3;1-4H. The zero-order valence-corrected chi connectivity index (χ0v) is 19.5. The summed E-state index contributed by atoms with van der Waals surface area (Å²) in [6.07, 6.45) is 9.33. The van der Waals surface area contributed by atoms with E-state index in [2.05, 4.69) is 46.3 Å². The molecule has 12 heteroatoms. The Hall–Kier alpha value is -2.96. The smallest absolute Gasteiger partial charge is 0.423 e. The van der Waals surface area contributed by atoms with Crippen LogP contribution in [-0.2, 0) is 9.31 Å². The van der Waals surface area contributed by atoms with Gasteiger partial charge < -0.3 is 18.1 Å². The van der Waals surface area contributed by atoms with Crippen molar-refractivity contribution in [3.05, 3.63) is 54.2 Å². The number of pyridine rings is 2. The first-order valence-electron chi connectivity index (χ1n) is 9.69. The molecule has 164 valence electrons.